The molecule has 1 aliphatic heterocycles. The van der Waals surface area contributed by atoms with Crippen LogP contribution in [0, 0.1) is 5.92 Å². The molecule has 2 aromatic carbocycles. The number of amides is 2. The van der Waals surface area contributed by atoms with Gasteiger partial charge in [0.05, 0.1) is 18.0 Å². The third kappa shape index (κ3) is 4.47. The molecule has 0 saturated carbocycles. The molecule has 0 spiro atoms. The lowest BCUT2D eigenvalue weighted by Crippen LogP contribution is -2.34. The van der Waals surface area contributed by atoms with E-state index in [1.807, 2.05) is 53.4 Å². The molecule has 0 aliphatic carbocycles. The lowest BCUT2D eigenvalue weighted by molar-refractivity contribution is -0.116. The Balaban J connectivity index is 1.66. The van der Waals surface area contributed by atoms with Crippen LogP contribution in [0.2, 0.25) is 0 Å². The minimum atomic E-state index is -0.0482. The zero-order valence-corrected chi connectivity index (χ0v) is 16.0. The molecule has 0 fully saturated rings. The monoisotopic (exact) mass is 368 g/mol. The average molecular weight is 369 g/mol. The van der Waals surface area contributed by atoms with Crippen LogP contribution in [0.1, 0.15) is 36.2 Å². The summed E-state index contributed by atoms with van der Waals surface area (Å²) in [5.74, 6) is 1.10. The standard InChI is InChI=1S/C21H24N2O2S/c1-15(2)11-12-22-21(25)17-9-7-16(8-10-17)13-23-18-5-3-4-6-19(18)26-14-20(23)24/h3-10,15H,11-14H2,1-2H3,(H,22,25). The van der Waals surface area contributed by atoms with Gasteiger partial charge in [-0.05, 0) is 42.2 Å². The van der Waals surface area contributed by atoms with Crippen molar-refractivity contribution in [3.8, 4) is 0 Å². The van der Waals surface area contributed by atoms with Crippen LogP contribution >= 0.6 is 11.8 Å². The van der Waals surface area contributed by atoms with Crippen LogP contribution in [0.15, 0.2) is 53.4 Å². The maximum absolute atomic E-state index is 12.4. The van der Waals surface area contributed by atoms with E-state index in [1.165, 1.54) is 0 Å². The van der Waals surface area contributed by atoms with Gasteiger partial charge in [0.1, 0.15) is 0 Å². The molecule has 2 aromatic rings. The molecule has 0 radical (unpaired) electrons. The van der Waals surface area contributed by atoms with Gasteiger partial charge in [0.15, 0.2) is 0 Å². The zero-order valence-electron chi connectivity index (χ0n) is 15.2. The van der Waals surface area contributed by atoms with E-state index >= 15 is 0 Å². The highest BCUT2D eigenvalue weighted by Gasteiger charge is 2.24. The van der Waals surface area contributed by atoms with E-state index < -0.39 is 0 Å². The Labute approximate surface area is 159 Å². The van der Waals surface area contributed by atoms with Gasteiger partial charge < -0.3 is 10.2 Å². The van der Waals surface area contributed by atoms with Crippen LogP contribution in [0.4, 0.5) is 5.69 Å². The van der Waals surface area contributed by atoms with Crippen molar-refractivity contribution in [2.24, 2.45) is 5.92 Å². The molecule has 136 valence electrons. The first-order valence-corrected chi connectivity index (χ1v) is 9.92. The van der Waals surface area contributed by atoms with Crippen LogP contribution in [0.25, 0.3) is 0 Å². The van der Waals surface area contributed by atoms with Crippen molar-refractivity contribution in [3.63, 3.8) is 0 Å². The topological polar surface area (TPSA) is 49.4 Å². The van der Waals surface area contributed by atoms with E-state index in [9.17, 15) is 9.59 Å². The van der Waals surface area contributed by atoms with E-state index in [0.29, 0.717) is 30.3 Å². The van der Waals surface area contributed by atoms with Gasteiger partial charge >= 0.3 is 0 Å². The number of nitrogens with one attached hydrogen (secondary N) is 1. The van der Waals surface area contributed by atoms with Gasteiger partial charge in [-0.2, -0.15) is 0 Å². The van der Waals surface area contributed by atoms with Crippen molar-refractivity contribution in [3.05, 3.63) is 59.7 Å². The number of fused-ring (bicyclic) bond motifs is 1. The molecular weight excluding hydrogens is 344 g/mol. The van der Waals surface area contributed by atoms with Crippen molar-refractivity contribution in [1.82, 2.24) is 5.32 Å². The molecule has 3 rings (SSSR count). The van der Waals surface area contributed by atoms with Crippen molar-refractivity contribution >= 4 is 29.3 Å². The molecule has 1 heterocycles. The Bertz CT molecular complexity index is 787. The third-order valence-corrected chi connectivity index (χ3v) is 5.42. The first kappa shape index (κ1) is 18.5. The maximum atomic E-state index is 12.4. The molecule has 0 saturated heterocycles. The predicted molar refractivity (Wildman–Crippen MR) is 107 cm³/mol. The summed E-state index contributed by atoms with van der Waals surface area (Å²) in [5.41, 5.74) is 2.63. The predicted octanol–water partition coefficient (Wildman–Crippen LogP) is 4.10. The molecule has 26 heavy (non-hydrogen) atoms. The van der Waals surface area contributed by atoms with Crippen molar-refractivity contribution < 1.29 is 9.59 Å². The van der Waals surface area contributed by atoms with Gasteiger partial charge in [0.25, 0.3) is 5.91 Å². The molecule has 0 unspecified atom stereocenters. The molecule has 0 atom stereocenters. The fourth-order valence-electron chi connectivity index (χ4n) is 2.85. The number of carbonyl (C=O) groups excluding carboxylic acids is 2. The van der Waals surface area contributed by atoms with E-state index in [2.05, 4.69) is 19.2 Å². The largest absolute Gasteiger partial charge is 0.352 e. The Morgan fingerprint density at radius 3 is 2.62 bits per heavy atom. The second-order valence-corrected chi connectivity index (χ2v) is 7.89. The van der Waals surface area contributed by atoms with Gasteiger partial charge in [-0.3, -0.25) is 9.59 Å². The summed E-state index contributed by atoms with van der Waals surface area (Å²) >= 11 is 1.58. The van der Waals surface area contributed by atoms with E-state index in [4.69, 9.17) is 0 Å². The Hall–Kier alpha value is -2.27. The van der Waals surface area contributed by atoms with Gasteiger partial charge in [-0.15, -0.1) is 11.8 Å². The fraction of sp³-hybridized carbons (Fsp3) is 0.333. The van der Waals surface area contributed by atoms with Gasteiger partial charge in [-0.1, -0.05) is 38.1 Å². The summed E-state index contributed by atoms with van der Waals surface area (Å²) in [4.78, 5) is 27.5. The molecule has 0 aromatic heterocycles. The SMILES string of the molecule is CC(C)CCNC(=O)c1ccc(CN2C(=O)CSc3ccccc32)cc1. The number of hydrogen-bond donors (Lipinski definition) is 1. The normalized spacial score (nSPS) is 13.7. The molecule has 0 bridgehead atoms. The number of thioether (sulfide) groups is 1. The minimum absolute atomic E-state index is 0.0482. The van der Waals surface area contributed by atoms with Crippen LogP contribution in [-0.2, 0) is 11.3 Å². The lowest BCUT2D eigenvalue weighted by atomic mass is 10.1. The summed E-state index contributed by atoms with van der Waals surface area (Å²) in [6, 6.07) is 15.5. The first-order chi connectivity index (χ1) is 12.5. The number of hydrogen-bond acceptors (Lipinski definition) is 3. The maximum Gasteiger partial charge on any atom is 0.251 e. The highest BCUT2D eigenvalue weighted by molar-refractivity contribution is 8.00. The Morgan fingerprint density at radius 2 is 1.88 bits per heavy atom. The number of rotatable bonds is 6. The summed E-state index contributed by atoms with van der Waals surface area (Å²) in [5, 5.41) is 2.94. The van der Waals surface area contributed by atoms with Gasteiger partial charge in [-0.25, -0.2) is 0 Å². The smallest absolute Gasteiger partial charge is 0.251 e. The van der Waals surface area contributed by atoms with E-state index in [-0.39, 0.29) is 11.8 Å². The van der Waals surface area contributed by atoms with Crippen molar-refractivity contribution in [2.75, 3.05) is 17.2 Å². The number of nitrogens with zero attached hydrogens (tertiary/aromatic N) is 1. The quantitative estimate of drug-likeness (QED) is 0.835. The summed E-state index contributed by atoms with van der Waals surface area (Å²) in [7, 11) is 0. The lowest BCUT2D eigenvalue weighted by Gasteiger charge is -2.29. The Kier molecular flexibility index (Phi) is 5.99. The van der Waals surface area contributed by atoms with Crippen LogP contribution in [-0.4, -0.2) is 24.1 Å². The zero-order chi connectivity index (χ0) is 18.5. The van der Waals surface area contributed by atoms with Gasteiger partial charge in [0, 0.05) is 17.0 Å². The fourth-order valence-corrected chi connectivity index (χ4v) is 3.78. The average Bonchev–Trinajstić information content (AvgIpc) is 2.64. The van der Waals surface area contributed by atoms with Crippen LogP contribution in [0.3, 0.4) is 0 Å². The first-order valence-electron chi connectivity index (χ1n) is 8.94. The molecule has 2 amide bonds. The van der Waals surface area contributed by atoms with Crippen molar-refractivity contribution in [1.29, 1.82) is 0 Å². The highest BCUT2D eigenvalue weighted by Crippen LogP contribution is 2.35. The Morgan fingerprint density at radius 1 is 1.15 bits per heavy atom. The van der Waals surface area contributed by atoms with Crippen LogP contribution in [0.5, 0.6) is 0 Å². The number of carbonyl (C=O) groups is 2. The number of anilines is 1. The minimum Gasteiger partial charge on any atom is -0.352 e. The number of para-hydroxylation sites is 1. The molecule has 1 aliphatic rings. The summed E-state index contributed by atoms with van der Waals surface area (Å²) in [6.45, 7) is 5.49. The van der Waals surface area contributed by atoms with Crippen LogP contribution < -0.4 is 10.2 Å². The van der Waals surface area contributed by atoms with E-state index in [1.54, 1.807) is 11.8 Å². The third-order valence-electron chi connectivity index (χ3n) is 4.37. The molecule has 4 nitrogen and oxygen atoms in total. The highest BCUT2D eigenvalue weighted by atomic mass is 32.2. The second-order valence-electron chi connectivity index (χ2n) is 6.87. The number of benzene rings is 2. The second kappa shape index (κ2) is 8.41. The summed E-state index contributed by atoms with van der Waals surface area (Å²) < 4.78 is 0. The molecule has 1 N–H and O–H groups in total. The molecular formula is C21H24N2O2S. The van der Waals surface area contributed by atoms with Crippen molar-refractivity contribution in [2.45, 2.75) is 31.7 Å². The molecule has 5 heteroatoms. The van der Waals surface area contributed by atoms with E-state index in [0.717, 1.165) is 22.6 Å². The summed E-state index contributed by atoms with van der Waals surface area (Å²) in [6.07, 6.45) is 0.971. The van der Waals surface area contributed by atoms with Gasteiger partial charge in [0.2, 0.25) is 5.91 Å².